The smallest absolute Gasteiger partial charge is 0.226 e. The van der Waals surface area contributed by atoms with Crippen molar-refractivity contribution in [3.8, 4) is 0 Å². The standard InChI is InChI=1S/C22H27NO/c24-20-18-8-7-16-5-1-2-6-17(16)19(18)12-23(20)14-22-11-15-4-3-9-21(22,10-15)13-22/h1-2,5-6,15,18-19H,3-4,7-14H2/t15?,18?,19-,21?,22?/m0/s1. The molecule has 1 spiro atoms. The molecular weight excluding hydrogens is 294 g/mol. The number of likely N-dealkylation sites (tertiary alicyclic amines) is 1. The fourth-order valence-electron chi connectivity index (χ4n) is 7.48. The third-order valence-corrected chi connectivity index (χ3v) is 8.51. The van der Waals surface area contributed by atoms with E-state index in [1.807, 2.05) is 0 Å². The van der Waals surface area contributed by atoms with E-state index in [2.05, 4.69) is 29.2 Å². The van der Waals surface area contributed by atoms with Crippen LogP contribution in [0.25, 0.3) is 0 Å². The Bertz CT molecular complexity index is 726. The van der Waals surface area contributed by atoms with Gasteiger partial charge in [0.25, 0.3) is 0 Å². The maximum absolute atomic E-state index is 13.1. The Morgan fingerprint density at radius 3 is 2.96 bits per heavy atom. The van der Waals surface area contributed by atoms with Crippen LogP contribution in [-0.4, -0.2) is 23.9 Å². The summed E-state index contributed by atoms with van der Waals surface area (Å²) in [5.74, 6) is 2.20. The molecule has 4 aliphatic carbocycles. The van der Waals surface area contributed by atoms with Crippen molar-refractivity contribution in [2.75, 3.05) is 13.1 Å². The Kier molecular flexibility index (Phi) is 2.58. The van der Waals surface area contributed by atoms with Crippen molar-refractivity contribution in [3.05, 3.63) is 35.4 Å². The second kappa shape index (κ2) is 4.45. The number of hydrogen-bond donors (Lipinski definition) is 0. The number of carbonyl (C=O) groups excluding carboxylic acids is 1. The van der Waals surface area contributed by atoms with Gasteiger partial charge in [0, 0.05) is 24.9 Å². The fourth-order valence-corrected chi connectivity index (χ4v) is 7.48. The van der Waals surface area contributed by atoms with E-state index in [0.29, 0.717) is 22.7 Å². The number of amides is 1. The van der Waals surface area contributed by atoms with E-state index in [0.717, 1.165) is 31.8 Å². The van der Waals surface area contributed by atoms with Crippen LogP contribution in [0.2, 0.25) is 0 Å². The van der Waals surface area contributed by atoms with Crippen LogP contribution in [0.3, 0.4) is 0 Å². The Morgan fingerprint density at radius 1 is 1.12 bits per heavy atom. The SMILES string of the molecule is O=C1C2CCc3ccccc3[C@@H]2CN1CC12CC3CCCC1(C3)C2. The van der Waals surface area contributed by atoms with Gasteiger partial charge in [-0.25, -0.2) is 0 Å². The van der Waals surface area contributed by atoms with Crippen LogP contribution in [0.1, 0.15) is 62.0 Å². The number of fused-ring (bicyclic) bond motifs is 4. The zero-order chi connectivity index (χ0) is 15.9. The highest BCUT2D eigenvalue weighted by Gasteiger charge is 2.72. The molecule has 2 nitrogen and oxygen atoms in total. The topological polar surface area (TPSA) is 20.3 Å². The van der Waals surface area contributed by atoms with Gasteiger partial charge in [-0.15, -0.1) is 0 Å². The summed E-state index contributed by atoms with van der Waals surface area (Å²) in [5, 5.41) is 0. The molecular formula is C22H27NO. The Hall–Kier alpha value is -1.31. The number of nitrogens with zero attached hydrogens (tertiary/aromatic N) is 1. The summed E-state index contributed by atoms with van der Waals surface area (Å²) in [5.41, 5.74) is 4.14. The van der Waals surface area contributed by atoms with Crippen LogP contribution in [0, 0.1) is 22.7 Å². The lowest BCUT2D eigenvalue weighted by Crippen LogP contribution is -2.34. The minimum absolute atomic E-state index is 0.270. The van der Waals surface area contributed by atoms with Gasteiger partial charge in [-0.05, 0) is 66.4 Å². The molecule has 4 unspecified atom stereocenters. The summed E-state index contributed by atoms with van der Waals surface area (Å²) >= 11 is 0. The van der Waals surface area contributed by atoms with Crippen LogP contribution < -0.4 is 0 Å². The molecule has 1 amide bonds. The average molecular weight is 321 g/mol. The van der Waals surface area contributed by atoms with Gasteiger partial charge in [-0.1, -0.05) is 37.1 Å². The summed E-state index contributed by atoms with van der Waals surface area (Å²) in [6.45, 7) is 2.07. The summed E-state index contributed by atoms with van der Waals surface area (Å²) in [6.07, 6.45) is 10.8. The lowest BCUT2D eigenvalue weighted by molar-refractivity contribution is -0.132. The van der Waals surface area contributed by atoms with Gasteiger partial charge in [-0.2, -0.15) is 0 Å². The van der Waals surface area contributed by atoms with Crippen LogP contribution in [0.5, 0.6) is 0 Å². The molecule has 0 aromatic heterocycles. The zero-order valence-electron chi connectivity index (χ0n) is 14.5. The number of carbonyl (C=O) groups is 1. The van der Waals surface area contributed by atoms with Crippen LogP contribution in [0.4, 0.5) is 0 Å². The lowest BCUT2D eigenvalue weighted by Gasteiger charge is -2.25. The average Bonchev–Trinajstić information content (AvgIpc) is 2.92. The van der Waals surface area contributed by atoms with E-state index in [1.165, 1.54) is 49.7 Å². The maximum Gasteiger partial charge on any atom is 0.226 e. The van der Waals surface area contributed by atoms with E-state index >= 15 is 0 Å². The van der Waals surface area contributed by atoms with Gasteiger partial charge in [0.05, 0.1) is 0 Å². The minimum Gasteiger partial charge on any atom is -0.341 e. The van der Waals surface area contributed by atoms with Crippen molar-refractivity contribution < 1.29 is 4.79 Å². The van der Waals surface area contributed by atoms with Crippen molar-refractivity contribution in [2.24, 2.45) is 22.7 Å². The minimum atomic E-state index is 0.270. The van der Waals surface area contributed by atoms with Gasteiger partial charge >= 0.3 is 0 Å². The Labute approximate surface area is 144 Å². The largest absolute Gasteiger partial charge is 0.341 e. The summed E-state index contributed by atoms with van der Waals surface area (Å²) in [6, 6.07) is 8.86. The first-order valence-corrected chi connectivity index (χ1v) is 10.1. The molecule has 5 aliphatic rings. The molecule has 5 atom stereocenters. The van der Waals surface area contributed by atoms with Gasteiger partial charge in [0.2, 0.25) is 5.91 Å². The highest BCUT2D eigenvalue weighted by molar-refractivity contribution is 5.83. The van der Waals surface area contributed by atoms with Crippen LogP contribution in [0.15, 0.2) is 24.3 Å². The number of rotatable bonds is 2. The molecule has 1 aromatic carbocycles. The van der Waals surface area contributed by atoms with Gasteiger partial charge in [-0.3, -0.25) is 4.79 Å². The Morgan fingerprint density at radius 2 is 2.04 bits per heavy atom. The first-order chi connectivity index (χ1) is 11.7. The molecule has 4 fully saturated rings. The molecule has 2 bridgehead atoms. The molecule has 0 N–H and O–H groups in total. The predicted molar refractivity (Wildman–Crippen MR) is 93.6 cm³/mol. The molecule has 126 valence electrons. The maximum atomic E-state index is 13.1. The molecule has 1 heterocycles. The number of hydrogen-bond acceptors (Lipinski definition) is 1. The summed E-state index contributed by atoms with van der Waals surface area (Å²) < 4.78 is 0. The predicted octanol–water partition coefficient (Wildman–Crippen LogP) is 4.15. The zero-order valence-corrected chi connectivity index (χ0v) is 14.5. The summed E-state index contributed by atoms with van der Waals surface area (Å²) in [4.78, 5) is 15.4. The second-order valence-corrected chi connectivity index (χ2v) is 9.57. The number of aryl methyl sites for hydroxylation is 1. The van der Waals surface area contributed by atoms with E-state index < -0.39 is 0 Å². The third-order valence-electron chi connectivity index (χ3n) is 8.51. The van der Waals surface area contributed by atoms with Crippen LogP contribution in [-0.2, 0) is 11.2 Å². The van der Waals surface area contributed by atoms with Gasteiger partial charge < -0.3 is 4.90 Å². The lowest BCUT2D eigenvalue weighted by atomic mass is 9.77. The van der Waals surface area contributed by atoms with Gasteiger partial charge in [0.1, 0.15) is 0 Å². The quantitative estimate of drug-likeness (QED) is 0.801. The van der Waals surface area contributed by atoms with Gasteiger partial charge in [0.15, 0.2) is 0 Å². The number of benzene rings is 1. The van der Waals surface area contributed by atoms with Crippen LogP contribution >= 0.6 is 0 Å². The van der Waals surface area contributed by atoms with Crippen molar-refractivity contribution >= 4 is 5.91 Å². The normalized spacial score (nSPS) is 44.9. The van der Waals surface area contributed by atoms with Crippen molar-refractivity contribution in [2.45, 2.75) is 57.3 Å². The van der Waals surface area contributed by atoms with Crippen molar-refractivity contribution in [1.29, 1.82) is 0 Å². The molecule has 1 saturated heterocycles. The highest BCUT2D eigenvalue weighted by Crippen LogP contribution is 2.79. The van der Waals surface area contributed by atoms with Crippen molar-refractivity contribution in [1.82, 2.24) is 4.90 Å². The van der Waals surface area contributed by atoms with E-state index in [-0.39, 0.29) is 5.92 Å². The van der Waals surface area contributed by atoms with E-state index in [1.54, 1.807) is 0 Å². The highest BCUT2D eigenvalue weighted by atomic mass is 16.2. The molecule has 24 heavy (non-hydrogen) atoms. The van der Waals surface area contributed by atoms with Crippen molar-refractivity contribution in [3.63, 3.8) is 0 Å². The first kappa shape index (κ1) is 13.9. The summed E-state index contributed by atoms with van der Waals surface area (Å²) in [7, 11) is 0. The first-order valence-electron chi connectivity index (χ1n) is 10.1. The second-order valence-electron chi connectivity index (χ2n) is 9.57. The molecule has 1 aromatic rings. The third kappa shape index (κ3) is 1.65. The molecule has 0 radical (unpaired) electrons. The molecule has 2 heteroatoms. The Balaban J connectivity index is 1.27. The molecule has 1 aliphatic heterocycles. The molecule has 6 rings (SSSR count). The fraction of sp³-hybridized carbons (Fsp3) is 0.682. The molecule has 3 saturated carbocycles. The monoisotopic (exact) mass is 321 g/mol. The van der Waals surface area contributed by atoms with E-state index in [4.69, 9.17) is 0 Å². The van der Waals surface area contributed by atoms with E-state index in [9.17, 15) is 4.79 Å².